The summed E-state index contributed by atoms with van der Waals surface area (Å²) in [4.78, 5) is 12.0. The maximum absolute atomic E-state index is 12.0. The first kappa shape index (κ1) is 15.2. The van der Waals surface area contributed by atoms with Gasteiger partial charge in [-0.3, -0.25) is 9.48 Å². The van der Waals surface area contributed by atoms with Gasteiger partial charge in [-0.1, -0.05) is 6.07 Å². The van der Waals surface area contributed by atoms with E-state index >= 15 is 0 Å². The molecule has 1 aromatic carbocycles. The fraction of sp³-hybridized carbons (Fsp3) is 0.273. The predicted molar refractivity (Wildman–Crippen MR) is 81.6 cm³/mol. The summed E-state index contributed by atoms with van der Waals surface area (Å²) in [6.45, 7) is 1.01. The fourth-order valence-corrected chi connectivity index (χ4v) is 2.28. The highest BCUT2D eigenvalue weighted by molar-refractivity contribution is 14.1. The third-order valence-electron chi connectivity index (χ3n) is 2.46. The summed E-state index contributed by atoms with van der Waals surface area (Å²) in [6.07, 6.45) is 0. The molecule has 0 atom stereocenters. The number of rotatable bonds is 3. The molecule has 0 saturated carbocycles. The highest BCUT2D eigenvalue weighted by Crippen LogP contribution is 2.22. The molecule has 0 bridgehead atoms. The number of hydrogen-bond acceptors (Lipinski definition) is 4. The minimum absolute atomic E-state index is 0. The second kappa shape index (κ2) is 6.35. The Morgan fingerprint density at radius 2 is 2.22 bits per heavy atom. The van der Waals surface area contributed by atoms with E-state index in [2.05, 4.69) is 5.10 Å². The van der Waals surface area contributed by atoms with Crippen molar-refractivity contribution in [2.24, 2.45) is 5.73 Å². The third kappa shape index (κ3) is 2.60. The number of ether oxygens (including phenoxy) is 1. The quantitative estimate of drug-likeness (QED) is 0.816. The highest BCUT2D eigenvalue weighted by Gasteiger charge is 2.12. The van der Waals surface area contributed by atoms with E-state index in [4.69, 9.17) is 10.5 Å². The Morgan fingerprint density at radius 3 is 2.83 bits per heavy atom. The lowest BCUT2D eigenvalue weighted by Crippen LogP contribution is -2.20. The topological polar surface area (TPSA) is 70.1 Å². The fourth-order valence-electron chi connectivity index (χ4n) is 1.73. The molecule has 2 rings (SSSR count). The van der Waals surface area contributed by atoms with Crippen LogP contribution in [0.4, 0.5) is 0 Å². The molecular weight excluding hydrogens is 368 g/mol. The minimum Gasteiger partial charge on any atom is -0.494 e. The Hall–Kier alpha value is -0.860. The van der Waals surface area contributed by atoms with Gasteiger partial charge in [0.25, 0.3) is 0 Å². The van der Waals surface area contributed by atoms with Crippen LogP contribution in [-0.4, -0.2) is 23.4 Å². The molecule has 1 aromatic heterocycles. The van der Waals surface area contributed by atoms with Gasteiger partial charge < -0.3 is 10.5 Å². The van der Waals surface area contributed by atoms with E-state index in [1.165, 1.54) is 0 Å². The molecule has 0 aliphatic rings. The molecular formula is C11H13ClIN3O2. The van der Waals surface area contributed by atoms with E-state index in [0.717, 1.165) is 0 Å². The van der Waals surface area contributed by atoms with Crippen LogP contribution >= 0.6 is 35.0 Å². The lowest BCUT2D eigenvalue weighted by molar-refractivity contribution is 0.415. The van der Waals surface area contributed by atoms with Crippen LogP contribution < -0.4 is 15.9 Å². The van der Waals surface area contributed by atoms with Crippen molar-refractivity contribution in [1.82, 2.24) is 9.78 Å². The molecule has 1 heterocycles. The van der Waals surface area contributed by atoms with Gasteiger partial charge in [0.1, 0.15) is 11.3 Å². The average Bonchev–Trinajstić information content (AvgIpc) is 2.35. The molecule has 7 heteroatoms. The summed E-state index contributed by atoms with van der Waals surface area (Å²) in [5.74, 6) is 0.636. The second-order valence-corrected chi connectivity index (χ2v) is 4.51. The maximum atomic E-state index is 12.0. The largest absolute Gasteiger partial charge is 0.494 e. The zero-order valence-corrected chi connectivity index (χ0v) is 12.7. The summed E-state index contributed by atoms with van der Waals surface area (Å²) >= 11 is 1.94. The second-order valence-electron chi connectivity index (χ2n) is 3.49. The van der Waals surface area contributed by atoms with Crippen LogP contribution in [0.15, 0.2) is 23.0 Å². The molecule has 0 saturated heterocycles. The van der Waals surface area contributed by atoms with E-state index in [1.54, 1.807) is 23.9 Å². The minimum atomic E-state index is -0.0761. The Labute approximate surface area is 124 Å². The summed E-state index contributed by atoms with van der Waals surface area (Å²) in [6, 6.07) is 5.38. The number of para-hydroxylation sites is 1. The number of methoxy groups -OCH3 is 1. The molecule has 0 amide bonds. The molecule has 0 fully saturated rings. The first-order valence-electron chi connectivity index (χ1n) is 5.12. The van der Waals surface area contributed by atoms with Crippen LogP contribution in [0.3, 0.4) is 0 Å². The zero-order valence-electron chi connectivity index (χ0n) is 9.72. The molecule has 0 aliphatic heterocycles. The monoisotopic (exact) mass is 381 g/mol. The van der Waals surface area contributed by atoms with Crippen molar-refractivity contribution >= 4 is 45.9 Å². The van der Waals surface area contributed by atoms with Crippen LogP contribution in [0.1, 0.15) is 0 Å². The molecule has 0 radical (unpaired) electrons. The normalized spacial score (nSPS) is 10.2. The number of benzene rings is 1. The Kier molecular flexibility index (Phi) is 5.36. The van der Waals surface area contributed by atoms with Crippen molar-refractivity contribution in [1.29, 1.82) is 0 Å². The van der Waals surface area contributed by atoms with Gasteiger partial charge in [0.2, 0.25) is 5.43 Å². The van der Waals surface area contributed by atoms with Crippen LogP contribution in [0.2, 0.25) is 0 Å². The zero-order chi connectivity index (χ0) is 12.4. The van der Waals surface area contributed by atoms with E-state index in [0.29, 0.717) is 33.4 Å². The van der Waals surface area contributed by atoms with Crippen molar-refractivity contribution in [3.63, 3.8) is 0 Å². The average molecular weight is 382 g/mol. The summed E-state index contributed by atoms with van der Waals surface area (Å²) in [5, 5.41) is 4.84. The van der Waals surface area contributed by atoms with Crippen molar-refractivity contribution in [3.05, 3.63) is 32.1 Å². The van der Waals surface area contributed by atoms with Gasteiger partial charge in [-0.2, -0.15) is 5.10 Å². The number of hydrogen-bond donors (Lipinski definition) is 1. The van der Waals surface area contributed by atoms with Crippen LogP contribution in [0, 0.1) is 3.70 Å². The van der Waals surface area contributed by atoms with Gasteiger partial charge in [0.15, 0.2) is 3.70 Å². The Morgan fingerprint density at radius 1 is 1.50 bits per heavy atom. The number of nitrogens with two attached hydrogens (primary N) is 1. The predicted octanol–water partition coefficient (Wildman–Crippen LogP) is 1.39. The number of halogens is 2. The maximum Gasteiger partial charge on any atom is 0.221 e. The lowest BCUT2D eigenvalue weighted by Gasteiger charge is -2.12. The van der Waals surface area contributed by atoms with Gasteiger partial charge in [-0.15, -0.1) is 12.4 Å². The number of aromatic nitrogens is 2. The Bertz CT molecular complexity index is 615. The van der Waals surface area contributed by atoms with Crippen molar-refractivity contribution in [3.8, 4) is 5.75 Å². The molecule has 0 unspecified atom stereocenters. The Balaban J connectivity index is 0.00000162. The summed E-state index contributed by atoms with van der Waals surface area (Å²) < 4.78 is 7.43. The van der Waals surface area contributed by atoms with Gasteiger partial charge in [-0.25, -0.2) is 0 Å². The first-order chi connectivity index (χ1) is 8.19. The summed E-state index contributed by atoms with van der Waals surface area (Å²) in [7, 11) is 1.57. The molecule has 5 nitrogen and oxygen atoms in total. The van der Waals surface area contributed by atoms with Gasteiger partial charge in [-0.05, 0) is 34.7 Å². The van der Waals surface area contributed by atoms with Gasteiger partial charge in [0.05, 0.1) is 19.0 Å². The molecule has 2 aromatic rings. The smallest absolute Gasteiger partial charge is 0.221 e. The van der Waals surface area contributed by atoms with E-state index < -0.39 is 0 Å². The SMILES string of the molecule is COc1cccc2c(=O)c(I)nn(CCN)c12.Cl. The molecule has 0 spiro atoms. The molecule has 18 heavy (non-hydrogen) atoms. The van der Waals surface area contributed by atoms with E-state index in [9.17, 15) is 4.79 Å². The van der Waals surface area contributed by atoms with Gasteiger partial charge >= 0.3 is 0 Å². The van der Waals surface area contributed by atoms with Crippen molar-refractivity contribution in [2.45, 2.75) is 6.54 Å². The number of nitrogens with zero attached hydrogens (tertiary/aromatic N) is 2. The molecule has 98 valence electrons. The number of fused-ring (bicyclic) bond motifs is 1. The van der Waals surface area contributed by atoms with Gasteiger partial charge in [0, 0.05) is 6.54 Å². The van der Waals surface area contributed by atoms with E-state index in [1.807, 2.05) is 28.7 Å². The van der Waals surface area contributed by atoms with E-state index in [-0.39, 0.29) is 17.8 Å². The van der Waals surface area contributed by atoms with Crippen LogP contribution in [0.5, 0.6) is 5.75 Å². The summed E-state index contributed by atoms with van der Waals surface area (Å²) in [5.41, 5.74) is 6.17. The third-order valence-corrected chi connectivity index (χ3v) is 3.16. The lowest BCUT2D eigenvalue weighted by atomic mass is 10.2. The highest BCUT2D eigenvalue weighted by atomic mass is 127. The standard InChI is InChI=1S/C11H12IN3O2.ClH/c1-17-8-4-2-3-7-9(8)15(6-5-13)14-11(12)10(7)16;/h2-4H,5-6,13H2,1H3;1H. The molecule has 0 aliphatic carbocycles. The van der Waals surface area contributed by atoms with Crippen molar-refractivity contribution in [2.75, 3.05) is 13.7 Å². The van der Waals surface area contributed by atoms with Crippen LogP contribution in [0.25, 0.3) is 10.9 Å². The van der Waals surface area contributed by atoms with Crippen LogP contribution in [-0.2, 0) is 6.54 Å². The first-order valence-corrected chi connectivity index (χ1v) is 6.20. The molecule has 2 N–H and O–H groups in total. The van der Waals surface area contributed by atoms with Crippen molar-refractivity contribution < 1.29 is 4.74 Å².